The second-order valence-electron chi connectivity index (χ2n) is 4.38. The van der Waals surface area contributed by atoms with Gasteiger partial charge in [-0.3, -0.25) is 4.98 Å². The Hall–Kier alpha value is -1.87. The summed E-state index contributed by atoms with van der Waals surface area (Å²) < 4.78 is 1.08. The van der Waals surface area contributed by atoms with Gasteiger partial charge >= 0.3 is 0 Å². The van der Waals surface area contributed by atoms with Crippen molar-refractivity contribution in [2.24, 2.45) is 0 Å². The van der Waals surface area contributed by atoms with E-state index in [1.807, 2.05) is 30.6 Å². The number of halogens is 1. The molecule has 0 aliphatic carbocycles. The minimum atomic E-state index is 0.769. The Morgan fingerprint density at radius 2 is 1.89 bits per heavy atom. The van der Waals surface area contributed by atoms with Gasteiger partial charge < -0.3 is 5.32 Å². The van der Waals surface area contributed by atoms with E-state index in [1.165, 1.54) is 16.3 Å². The zero-order valence-corrected chi connectivity index (χ0v) is 11.9. The lowest BCUT2D eigenvalue weighted by Crippen LogP contribution is -2.00. The highest BCUT2D eigenvalue weighted by Crippen LogP contribution is 2.20. The fraction of sp³-hybridized carbons (Fsp3) is 0.0625. The molecule has 1 N–H and O–H groups in total. The summed E-state index contributed by atoms with van der Waals surface area (Å²) in [6.07, 6.45) is 3.82. The molecular formula is C16H13BrN2. The molecule has 2 nitrogen and oxygen atoms in total. The van der Waals surface area contributed by atoms with E-state index >= 15 is 0 Å². The Balaban J connectivity index is 1.86. The van der Waals surface area contributed by atoms with Crippen LogP contribution in [0.25, 0.3) is 10.8 Å². The van der Waals surface area contributed by atoms with Gasteiger partial charge in [0.05, 0.1) is 0 Å². The maximum absolute atomic E-state index is 4.29. The first-order valence-corrected chi connectivity index (χ1v) is 6.93. The van der Waals surface area contributed by atoms with Gasteiger partial charge in [0, 0.05) is 34.5 Å². The number of pyridine rings is 1. The van der Waals surface area contributed by atoms with Crippen LogP contribution < -0.4 is 5.32 Å². The van der Waals surface area contributed by atoms with Gasteiger partial charge in [-0.25, -0.2) is 0 Å². The van der Waals surface area contributed by atoms with E-state index in [1.54, 1.807) is 0 Å². The van der Waals surface area contributed by atoms with E-state index in [2.05, 4.69) is 56.6 Å². The third-order valence-corrected chi connectivity index (χ3v) is 3.55. The fourth-order valence-electron chi connectivity index (χ4n) is 2.12. The van der Waals surface area contributed by atoms with Crippen LogP contribution in [0.2, 0.25) is 0 Å². The number of hydrogen-bond acceptors (Lipinski definition) is 2. The van der Waals surface area contributed by atoms with E-state index in [9.17, 15) is 0 Å². The molecule has 3 aromatic rings. The molecule has 0 aliphatic heterocycles. The molecule has 0 atom stereocenters. The topological polar surface area (TPSA) is 24.9 Å². The molecule has 19 heavy (non-hydrogen) atoms. The van der Waals surface area contributed by atoms with Crippen LogP contribution in [-0.2, 0) is 6.54 Å². The molecule has 94 valence electrons. The molecule has 2 aromatic carbocycles. The molecule has 0 saturated heterocycles. The van der Waals surface area contributed by atoms with Gasteiger partial charge in [-0.05, 0) is 29.1 Å². The summed E-state index contributed by atoms with van der Waals surface area (Å²) in [5, 5.41) is 5.85. The number of rotatable bonds is 3. The Kier molecular flexibility index (Phi) is 3.47. The number of anilines is 1. The largest absolute Gasteiger partial charge is 0.381 e. The summed E-state index contributed by atoms with van der Waals surface area (Å²) in [4.78, 5) is 4.29. The molecule has 0 amide bonds. The molecule has 0 radical (unpaired) electrons. The van der Waals surface area contributed by atoms with Crippen LogP contribution in [0, 0.1) is 0 Å². The number of nitrogens with one attached hydrogen (secondary N) is 1. The normalized spacial score (nSPS) is 10.6. The van der Waals surface area contributed by atoms with Crippen molar-refractivity contribution in [3.63, 3.8) is 0 Å². The van der Waals surface area contributed by atoms with Crippen molar-refractivity contribution >= 4 is 32.4 Å². The average molecular weight is 313 g/mol. The van der Waals surface area contributed by atoms with E-state index < -0.39 is 0 Å². The molecule has 0 saturated carbocycles. The molecule has 0 bridgehead atoms. The quantitative estimate of drug-likeness (QED) is 0.764. The summed E-state index contributed by atoms with van der Waals surface area (Å²) in [7, 11) is 0. The minimum Gasteiger partial charge on any atom is -0.381 e. The van der Waals surface area contributed by atoms with Crippen molar-refractivity contribution in [3.05, 3.63) is 71.0 Å². The highest BCUT2D eigenvalue weighted by Gasteiger charge is 2.01. The molecular weight excluding hydrogens is 300 g/mol. The van der Waals surface area contributed by atoms with Crippen molar-refractivity contribution in [2.75, 3.05) is 5.32 Å². The predicted molar refractivity (Wildman–Crippen MR) is 83.2 cm³/mol. The summed E-state index contributed by atoms with van der Waals surface area (Å²) in [5.74, 6) is 0. The van der Waals surface area contributed by atoms with E-state index in [0.29, 0.717) is 0 Å². The minimum absolute atomic E-state index is 0.769. The van der Waals surface area contributed by atoms with Gasteiger partial charge in [-0.15, -0.1) is 0 Å². The maximum atomic E-state index is 4.29. The summed E-state index contributed by atoms with van der Waals surface area (Å²) in [6, 6.07) is 16.5. The number of benzene rings is 2. The van der Waals surface area contributed by atoms with E-state index in [0.717, 1.165) is 16.7 Å². The third kappa shape index (κ3) is 2.76. The van der Waals surface area contributed by atoms with Crippen LogP contribution in [0.5, 0.6) is 0 Å². The first-order chi connectivity index (χ1) is 9.33. The first-order valence-electron chi connectivity index (χ1n) is 6.14. The van der Waals surface area contributed by atoms with Crippen molar-refractivity contribution < 1.29 is 0 Å². The van der Waals surface area contributed by atoms with Crippen molar-refractivity contribution in [1.29, 1.82) is 0 Å². The second kappa shape index (κ2) is 5.41. The molecule has 0 fully saturated rings. The highest BCUT2D eigenvalue weighted by atomic mass is 79.9. The molecule has 3 heteroatoms. The summed E-state index contributed by atoms with van der Waals surface area (Å²) in [5.41, 5.74) is 2.31. The van der Waals surface area contributed by atoms with Crippen LogP contribution in [-0.4, -0.2) is 4.98 Å². The number of aromatic nitrogens is 1. The SMILES string of the molecule is Brc1cccc(NCc2cncc3ccccc23)c1. The van der Waals surface area contributed by atoms with Gasteiger partial charge in [0.2, 0.25) is 0 Å². The van der Waals surface area contributed by atoms with Crippen molar-refractivity contribution in [2.45, 2.75) is 6.54 Å². The number of hydrogen-bond donors (Lipinski definition) is 1. The van der Waals surface area contributed by atoms with Crippen LogP contribution in [0.1, 0.15) is 5.56 Å². The zero-order valence-electron chi connectivity index (χ0n) is 10.3. The van der Waals surface area contributed by atoms with Crippen LogP contribution in [0.3, 0.4) is 0 Å². The Morgan fingerprint density at radius 3 is 2.79 bits per heavy atom. The second-order valence-corrected chi connectivity index (χ2v) is 5.30. The van der Waals surface area contributed by atoms with Crippen LogP contribution in [0.15, 0.2) is 65.4 Å². The number of fused-ring (bicyclic) bond motifs is 1. The Bertz CT molecular complexity index is 704. The smallest absolute Gasteiger partial charge is 0.0422 e. The lowest BCUT2D eigenvalue weighted by molar-refractivity contribution is 1.14. The summed E-state index contributed by atoms with van der Waals surface area (Å²) in [6.45, 7) is 0.769. The van der Waals surface area contributed by atoms with Gasteiger partial charge in [-0.2, -0.15) is 0 Å². The molecule has 0 aliphatic rings. The highest BCUT2D eigenvalue weighted by molar-refractivity contribution is 9.10. The van der Waals surface area contributed by atoms with Crippen molar-refractivity contribution in [1.82, 2.24) is 4.98 Å². The van der Waals surface area contributed by atoms with Crippen LogP contribution >= 0.6 is 15.9 Å². The molecule has 0 unspecified atom stereocenters. The Labute approximate surface area is 120 Å². The van der Waals surface area contributed by atoms with Crippen molar-refractivity contribution in [3.8, 4) is 0 Å². The predicted octanol–water partition coefficient (Wildman–Crippen LogP) is 4.61. The van der Waals surface area contributed by atoms with Gasteiger partial charge in [-0.1, -0.05) is 46.3 Å². The van der Waals surface area contributed by atoms with E-state index in [4.69, 9.17) is 0 Å². The molecule has 3 rings (SSSR count). The van der Waals surface area contributed by atoms with Crippen LogP contribution in [0.4, 0.5) is 5.69 Å². The first kappa shape index (κ1) is 12.2. The molecule has 1 heterocycles. The molecule has 1 aromatic heterocycles. The monoisotopic (exact) mass is 312 g/mol. The average Bonchev–Trinajstić information content (AvgIpc) is 2.45. The maximum Gasteiger partial charge on any atom is 0.0422 e. The van der Waals surface area contributed by atoms with E-state index in [-0.39, 0.29) is 0 Å². The lowest BCUT2D eigenvalue weighted by Gasteiger charge is -2.09. The third-order valence-electron chi connectivity index (χ3n) is 3.06. The van der Waals surface area contributed by atoms with Gasteiger partial charge in [0.15, 0.2) is 0 Å². The number of nitrogens with zero attached hydrogens (tertiary/aromatic N) is 1. The summed E-state index contributed by atoms with van der Waals surface area (Å²) >= 11 is 3.48. The standard InChI is InChI=1S/C16H13BrN2/c17-14-5-3-6-15(8-14)19-11-13-10-18-9-12-4-1-2-7-16(12)13/h1-10,19H,11H2. The fourth-order valence-corrected chi connectivity index (χ4v) is 2.51. The Morgan fingerprint density at radius 1 is 1.00 bits per heavy atom. The lowest BCUT2D eigenvalue weighted by atomic mass is 10.1. The van der Waals surface area contributed by atoms with Gasteiger partial charge in [0.25, 0.3) is 0 Å². The van der Waals surface area contributed by atoms with Gasteiger partial charge in [0.1, 0.15) is 0 Å². The zero-order chi connectivity index (χ0) is 13.1. The molecule has 0 spiro atoms.